The van der Waals surface area contributed by atoms with Crippen LogP contribution in [0.1, 0.15) is 55.9 Å². The van der Waals surface area contributed by atoms with E-state index in [-0.39, 0.29) is 18.3 Å². The van der Waals surface area contributed by atoms with E-state index in [1.807, 2.05) is 18.4 Å². The van der Waals surface area contributed by atoms with Crippen molar-refractivity contribution < 1.29 is 23.9 Å². The number of esters is 2. The maximum atomic E-state index is 13.4. The highest BCUT2D eigenvalue weighted by Crippen LogP contribution is 2.46. The molecule has 4 rings (SSSR count). The van der Waals surface area contributed by atoms with Crippen molar-refractivity contribution in [3.05, 3.63) is 74.8 Å². The Morgan fingerprint density at radius 1 is 1.16 bits per heavy atom. The van der Waals surface area contributed by atoms with Crippen molar-refractivity contribution in [2.45, 2.75) is 45.4 Å². The lowest BCUT2D eigenvalue weighted by Gasteiger charge is -2.36. The third-order valence-electron chi connectivity index (χ3n) is 5.74. The van der Waals surface area contributed by atoms with Gasteiger partial charge in [0.1, 0.15) is 5.75 Å². The molecule has 7 heteroatoms. The summed E-state index contributed by atoms with van der Waals surface area (Å²) in [6.45, 7) is 5.19. The van der Waals surface area contributed by atoms with Gasteiger partial charge in [0.2, 0.25) is 0 Å². The topological polar surface area (TPSA) is 81.7 Å². The Hall–Kier alpha value is -3.19. The van der Waals surface area contributed by atoms with Gasteiger partial charge in [0, 0.05) is 47.0 Å². The van der Waals surface area contributed by atoms with E-state index in [0.717, 1.165) is 11.3 Å². The molecule has 6 nitrogen and oxygen atoms in total. The van der Waals surface area contributed by atoms with Crippen LogP contribution in [0.2, 0.25) is 0 Å². The predicted molar refractivity (Wildman–Crippen MR) is 121 cm³/mol. The Balaban J connectivity index is 1.77. The van der Waals surface area contributed by atoms with Crippen molar-refractivity contribution in [3.8, 4) is 5.75 Å². The standard InChI is InChI=1S/C25H25NO5S/c1-4-30-25(29)22-14(2)26-19-12-17(21-6-5-11-32-21)13-20(28)24(19)23(22)16-7-9-18(10-8-16)31-15(3)27/h5-11,17,23,26H,4,12-13H2,1-3H3/t17-,23-/m1/s1. The van der Waals surface area contributed by atoms with E-state index < -0.39 is 17.9 Å². The van der Waals surface area contributed by atoms with E-state index in [9.17, 15) is 14.4 Å². The Bertz CT molecular complexity index is 1110. The van der Waals surface area contributed by atoms with Gasteiger partial charge in [-0.25, -0.2) is 4.79 Å². The maximum Gasteiger partial charge on any atom is 0.336 e. The van der Waals surface area contributed by atoms with Crippen molar-refractivity contribution in [2.24, 2.45) is 0 Å². The molecule has 2 atom stereocenters. The molecule has 0 bridgehead atoms. The van der Waals surface area contributed by atoms with Gasteiger partial charge in [-0.2, -0.15) is 0 Å². The predicted octanol–water partition coefficient (Wildman–Crippen LogP) is 4.60. The van der Waals surface area contributed by atoms with E-state index in [1.165, 1.54) is 11.8 Å². The summed E-state index contributed by atoms with van der Waals surface area (Å²) in [7, 11) is 0. The first kappa shape index (κ1) is 22.0. The zero-order chi connectivity index (χ0) is 22.8. The fourth-order valence-corrected chi connectivity index (χ4v) is 5.30. The Morgan fingerprint density at radius 3 is 2.53 bits per heavy atom. The summed E-state index contributed by atoms with van der Waals surface area (Å²) in [5.41, 5.74) is 3.39. The molecule has 0 unspecified atom stereocenters. The van der Waals surface area contributed by atoms with Crippen LogP contribution in [0.15, 0.2) is 64.3 Å². The zero-order valence-electron chi connectivity index (χ0n) is 18.3. The first-order valence-electron chi connectivity index (χ1n) is 10.6. The number of hydrogen-bond acceptors (Lipinski definition) is 7. The average molecular weight is 452 g/mol. The lowest BCUT2D eigenvalue weighted by Crippen LogP contribution is -2.36. The second-order valence-electron chi connectivity index (χ2n) is 7.92. The minimum Gasteiger partial charge on any atom is -0.463 e. The largest absolute Gasteiger partial charge is 0.463 e. The molecule has 1 aliphatic heterocycles. The molecule has 2 aliphatic rings. The summed E-state index contributed by atoms with van der Waals surface area (Å²) < 4.78 is 10.5. The highest BCUT2D eigenvalue weighted by molar-refractivity contribution is 7.10. The van der Waals surface area contributed by atoms with Gasteiger partial charge in [0.15, 0.2) is 5.78 Å². The van der Waals surface area contributed by atoms with Gasteiger partial charge in [-0.05, 0) is 49.4 Å². The summed E-state index contributed by atoms with van der Waals surface area (Å²) >= 11 is 1.66. The molecular weight excluding hydrogens is 426 g/mol. The number of ketones is 1. The second kappa shape index (κ2) is 9.12. The minimum atomic E-state index is -0.534. The molecule has 1 aliphatic carbocycles. The number of carbonyl (C=O) groups excluding carboxylic acids is 3. The number of dihydropyridines is 1. The molecule has 0 saturated carbocycles. The van der Waals surface area contributed by atoms with Gasteiger partial charge >= 0.3 is 11.9 Å². The zero-order valence-corrected chi connectivity index (χ0v) is 19.1. The van der Waals surface area contributed by atoms with Crippen LogP contribution in [-0.4, -0.2) is 24.3 Å². The van der Waals surface area contributed by atoms with E-state index >= 15 is 0 Å². The molecule has 0 amide bonds. The third kappa shape index (κ3) is 4.25. The number of ether oxygens (including phenoxy) is 2. The first-order chi connectivity index (χ1) is 15.4. The number of rotatable bonds is 5. The summed E-state index contributed by atoms with van der Waals surface area (Å²) in [4.78, 5) is 38.8. The van der Waals surface area contributed by atoms with Crippen LogP contribution in [0.4, 0.5) is 0 Å². The number of hydrogen-bond donors (Lipinski definition) is 1. The van der Waals surface area contributed by atoms with Crippen molar-refractivity contribution in [1.82, 2.24) is 5.32 Å². The fraction of sp³-hybridized carbons (Fsp3) is 0.320. The van der Waals surface area contributed by atoms with Gasteiger partial charge in [-0.1, -0.05) is 18.2 Å². The Kier molecular flexibility index (Phi) is 6.28. The number of nitrogens with one attached hydrogen (secondary N) is 1. The molecule has 0 saturated heterocycles. The number of allylic oxidation sites excluding steroid dienone is 3. The second-order valence-corrected chi connectivity index (χ2v) is 8.90. The normalized spacial score (nSPS) is 20.5. The smallest absolute Gasteiger partial charge is 0.336 e. The monoisotopic (exact) mass is 451 g/mol. The molecule has 0 radical (unpaired) electrons. The number of benzene rings is 1. The van der Waals surface area contributed by atoms with Gasteiger partial charge in [-0.15, -0.1) is 11.3 Å². The first-order valence-corrected chi connectivity index (χ1v) is 11.5. The van der Waals surface area contributed by atoms with Crippen molar-refractivity contribution in [2.75, 3.05) is 6.61 Å². The highest BCUT2D eigenvalue weighted by Gasteiger charge is 2.41. The van der Waals surface area contributed by atoms with E-state index in [2.05, 4.69) is 11.4 Å². The van der Waals surface area contributed by atoms with Crippen LogP contribution in [-0.2, 0) is 19.1 Å². The van der Waals surface area contributed by atoms with Crippen LogP contribution in [0.25, 0.3) is 0 Å². The number of carbonyl (C=O) groups is 3. The van der Waals surface area contributed by atoms with Gasteiger partial charge in [-0.3, -0.25) is 9.59 Å². The maximum absolute atomic E-state index is 13.4. The van der Waals surface area contributed by atoms with E-state index in [0.29, 0.717) is 35.4 Å². The molecule has 0 spiro atoms. The molecule has 1 N–H and O–H groups in total. The third-order valence-corrected chi connectivity index (χ3v) is 6.78. The molecule has 1 aromatic heterocycles. The summed E-state index contributed by atoms with van der Waals surface area (Å²) in [6.07, 6.45) is 1.11. The Labute approximate surface area is 190 Å². The van der Waals surface area contributed by atoms with Gasteiger partial charge < -0.3 is 14.8 Å². The average Bonchev–Trinajstić information content (AvgIpc) is 3.28. The van der Waals surface area contributed by atoms with Gasteiger partial charge in [0.25, 0.3) is 0 Å². The number of Topliss-reactive ketones (excluding diaryl/α,β-unsaturated/α-hetero) is 1. The van der Waals surface area contributed by atoms with E-state index in [4.69, 9.17) is 9.47 Å². The molecular formula is C25H25NO5S. The van der Waals surface area contributed by atoms with Crippen LogP contribution in [0, 0.1) is 0 Å². The SMILES string of the molecule is CCOC(=O)C1=C(C)NC2=C(C(=O)C[C@H](c3cccs3)C2)[C@@H]1c1ccc(OC(C)=O)cc1. The lowest BCUT2D eigenvalue weighted by atomic mass is 9.72. The summed E-state index contributed by atoms with van der Waals surface area (Å²) in [6, 6.07) is 11.0. The molecule has 166 valence electrons. The molecule has 0 fully saturated rings. The van der Waals surface area contributed by atoms with E-state index in [1.54, 1.807) is 42.5 Å². The van der Waals surface area contributed by atoms with Crippen LogP contribution in [0.3, 0.4) is 0 Å². The van der Waals surface area contributed by atoms with Gasteiger partial charge in [0.05, 0.1) is 12.2 Å². The quantitative estimate of drug-likeness (QED) is 0.529. The van der Waals surface area contributed by atoms with Crippen LogP contribution >= 0.6 is 11.3 Å². The molecule has 32 heavy (non-hydrogen) atoms. The molecule has 1 aromatic carbocycles. The minimum absolute atomic E-state index is 0.0283. The fourth-order valence-electron chi connectivity index (χ4n) is 4.47. The number of thiophene rings is 1. The molecule has 2 aromatic rings. The Morgan fingerprint density at radius 2 is 1.91 bits per heavy atom. The van der Waals surface area contributed by atoms with Crippen molar-refractivity contribution in [3.63, 3.8) is 0 Å². The van der Waals surface area contributed by atoms with Crippen molar-refractivity contribution >= 4 is 29.1 Å². The van der Waals surface area contributed by atoms with Crippen LogP contribution < -0.4 is 10.1 Å². The van der Waals surface area contributed by atoms with Crippen molar-refractivity contribution in [1.29, 1.82) is 0 Å². The summed E-state index contributed by atoms with van der Waals surface area (Å²) in [5.74, 6) is -0.817. The highest BCUT2D eigenvalue weighted by atomic mass is 32.1. The van der Waals surface area contributed by atoms with Crippen LogP contribution in [0.5, 0.6) is 5.75 Å². The lowest BCUT2D eigenvalue weighted by molar-refractivity contribution is -0.139. The summed E-state index contributed by atoms with van der Waals surface area (Å²) in [5, 5.41) is 5.36. The molecule has 2 heterocycles.